The molecule has 29 heavy (non-hydrogen) atoms. The fraction of sp³-hybridized carbons (Fsp3) is 0.286. The van der Waals surface area contributed by atoms with Gasteiger partial charge in [-0.3, -0.25) is 0 Å². The van der Waals surface area contributed by atoms with Crippen LogP contribution in [0, 0.1) is 0 Å². The summed E-state index contributed by atoms with van der Waals surface area (Å²) in [5, 5.41) is 14.7. The minimum atomic E-state index is -4.52. The van der Waals surface area contributed by atoms with Gasteiger partial charge in [-0.1, -0.05) is 31.9 Å². The molecular formula is C21H21F3N2O2S. The molecule has 1 heterocycles. The molecule has 0 fully saturated rings. The van der Waals surface area contributed by atoms with Crippen LogP contribution < -0.4 is 10.1 Å². The molecule has 0 saturated heterocycles. The molecule has 0 bridgehead atoms. The highest BCUT2D eigenvalue weighted by Crippen LogP contribution is 2.39. The SMILES string of the molecule is CCCCCOc1ccc(Nc2nc(-c3cccc(O)c3)cs2)cc1C(F)(F)F. The van der Waals surface area contributed by atoms with Crippen LogP contribution in [-0.2, 0) is 6.18 Å². The number of nitrogens with one attached hydrogen (secondary N) is 1. The second-order valence-corrected chi connectivity index (χ2v) is 7.34. The molecule has 0 radical (unpaired) electrons. The number of halogens is 3. The lowest BCUT2D eigenvalue weighted by Crippen LogP contribution is -2.10. The van der Waals surface area contributed by atoms with Crippen LogP contribution in [0.15, 0.2) is 47.8 Å². The van der Waals surface area contributed by atoms with Gasteiger partial charge in [0, 0.05) is 16.6 Å². The number of rotatable bonds is 8. The Morgan fingerprint density at radius 3 is 2.69 bits per heavy atom. The first kappa shape index (κ1) is 21.0. The zero-order valence-electron chi connectivity index (χ0n) is 15.8. The van der Waals surface area contributed by atoms with Gasteiger partial charge in [0.15, 0.2) is 5.13 Å². The molecule has 0 atom stereocenters. The van der Waals surface area contributed by atoms with Gasteiger partial charge >= 0.3 is 6.18 Å². The van der Waals surface area contributed by atoms with Gasteiger partial charge in [0.25, 0.3) is 0 Å². The Morgan fingerprint density at radius 1 is 1.14 bits per heavy atom. The van der Waals surface area contributed by atoms with Gasteiger partial charge in [0.2, 0.25) is 0 Å². The Kier molecular flexibility index (Phi) is 6.64. The third-order valence-corrected chi connectivity index (χ3v) is 4.95. The van der Waals surface area contributed by atoms with Crippen molar-refractivity contribution in [3.63, 3.8) is 0 Å². The average Bonchev–Trinajstić information content (AvgIpc) is 3.14. The summed E-state index contributed by atoms with van der Waals surface area (Å²) in [5.74, 6) is -0.0481. The lowest BCUT2D eigenvalue weighted by Gasteiger charge is -2.15. The van der Waals surface area contributed by atoms with E-state index in [1.807, 2.05) is 6.92 Å². The molecule has 4 nitrogen and oxygen atoms in total. The molecule has 2 aromatic carbocycles. The molecule has 8 heteroatoms. The molecule has 3 rings (SSSR count). The van der Waals surface area contributed by atoms with E-state index in [2.05, 4.69) is 10.3 Å². The predicted molar refractivity (Wildman–Crippen MR) is 109 cm³/mol. The van der Waals surface area contributed by atoms with E-state index < -0.39 is 11.7 Å². The molecule has 0 aliphatic carbocycles. The summed E-state index contributed by atoms with van der Waals surface area (Å²) in [6.45, 7) is 2.27. The number of benzene rings is 2. The van der Waals surface area contributed by atoms with Crippen molar-refractivity contribution in [2.75, 3.05) is 11.9 Å². The number of aromatic nitrogens is 1. The fourth-order valence-electron chi connectivity index (χ4n) is 2.74. The first-order valence-electron chi connectivity index (χ1n) is 9.23. The maximum absolute atomic E-state index is 13.5. The Bertz CT molecular complexity index is 957. The molecule has 0 saturated carbocycles. The summed E-state index contributed by atoms with van der Waals surface area (Å²) >= 11 is 1.27. The number of nitrogens with zero attached hydrogens (tertiary/aromatic N) is 1. The highest BCUT2D eigenvalue weighted by molar-refractivity contribution is 7.14. The summed E-state index contributed by atoms with van der Waals surface area (Å²) in [6.07, 6.45) is -1.93. The molecule has 0 amide bonds. The monoisotopic (exact) mass is 422 g/mol. The standard InChI is InChI=1S/C21H21F3N2O2S/c1-2-3-4-10-28-19-9-8-15(12-17(19)21(22,23)24)25-20-26-18(13-29-20)14-6-5-7-16(27)11-14/h5-9,11-13,27H,2-4,10H2,1H3,(H,25,26). The van der Waals surface area contributed by atoms with Crippen LogP contribution in [0.2, 0.25) is 0 Å². The largest absolute Gasteiger partial charge is 0.508 e. The van der Waals surface area contributed by atoms with Gasteiger partial charge in [-0.15, -0.1) is 11.3 Å². The zero-order chi connectivity index (χ0) is 20.9. The first-order valence-corrected chi connectivity index (χ1v) is 10.1. The fourth-order valence-corrected chi connectivity index (χ4v) is 3.48. The third-order valence-electron chi connectivity index (χ3n) is 4.19. The predicted octanol–water partition coefficient (Wildman–Crippen LogP) is 6.85. The number of hydrogen-bond acceptors (Lipinski definition) is 5. The van der Waals surface area contributed by atoms with Crippen LogP contribution in [0.4, 0.5) is 24.0 Å². The van der Waals surface area contributed by atoms with E-state index in [1.165, 1.54) is 17.4 Å². The second kappa shape index (κ2) is 9.17. The summed E-state index contributed by atoms with van der Waals surface area (Å²) in [7, 11) is 0. The highest BCUT2D eigenvalue weighted by atomic mass is 32.1. The van der Waals surface area contributed by atoms with Gasteiger partial charge in [-0.25, -0.2) is 4.98 Å². The summed E-state index contributed by atoms with van der Waals surface area (Å²) < 4.78 is 45.7. The van der Waals surface area contributed by atoms with E-state index >= 15 is 0 Å². The number of phenols is 1. The van der Waals surface area contributed by atoms with Gasteiger partial charge in [-0.2, -0.15) is 13.2 Å². The van der Waals surface area contributed by atoms with Crippen molar-refractivity contribution in [1.82, 2.24) is 4.98 Å². The van der Waals surface area contributed by atoms with Crippen molar-refractivity contribution in [3.8, 4) is 22.8 Å². The zero-order valence-corrected chi connectivity index (χ0v) is 16.6. The quantitative estimate of drug-likeness (QED) is 0.390. The lowest BCUT2D eigenvalue weighted by molar-refractivity contribution is -0.138. The van der Waals surface area contributed by atoms with E-state index in [0.717, 1.165) is 24.5 Å². The normalized spacial score (nSPS) is 11.4. The average molecular weight is 422 g/mol. The van der Waals surface area contributed by atoms with E-state index in [4.69, 9.17) is 4.74 Å². The molecule has 0 aliphatic heterocycles. The smallest absolute Gasteiger partial charge is 0.420 e. The van der Waals surface area contributed by atoms with Gasteiger partial charge in [-0.05, 0) is 36.8 Å². The Hall–Kier alpha value is -2.74. The Balaban J connectivity index is 1.77. The van der Waals surface area contributed by atoms with Crippen LogP contribution in [0.3, 0.4) is 0 Å². The molecule has 154 valence electrons. The van der Waals surface area contributed by atoms with Crippen molar-refractivity contribution < 1.29 is 23.0 Å². The number of phenolic OH excluding ortho intramolecular Hbond substituents is 1. The van der Waals surface area contributed by atoms with Gasteiger partial charge < -0.3 is 15.2 Å². The summed E-state index contributed by atoms with van der Waals surface area (Å²) in [5.41, 5.74) is 0.806. The van der Waals surface area contributed by atoms with Crippen LogP contribution in [-0.4, -0.2) is 16.7 Å². The molecule has 0 spiro atoms. The van der Waals surface area contributed by atoms with Crippen molar-refractivity contribution in [3.05, 3.63) is 53.4 Å². The Morgan fingerprint density at radius 2 is 1.97 bits per heavy atom. The second-order valence-electron chi connectivity index (χ2n) is 6.48. The minimum Gasteiger partial charge on any atom is -0.508 e. The lowest BCUT2D eigenvalue weighted by atomic mass is 10.1. The summed E-state index contributed by atoms with van der Waals surface area (Å²) in [6, 6.07) is 10.5. The van der Waals surface area contributed by atoms with Crippen LogP contribution >= 0.6 is 11.3 Å². The highest BCUT2D eigenvalue weighted by Gasteiger charge is 2.34. The molecular weight excluding hydrogens is 401 g/mol. The summed E-state index contributed by atoms with van der Waals surface area (Å²) in [4.78, 5) is 4.39. The maximum atomic E-state index is 13.5. The maximum Gasteiger partial charge on any atom is 0.420 e. The number of ether oxygens (including phenoxy) is 1. The van der Waals surface area contributed by atoms with E-state index in [0.29, 0.717) is 17.2 Å². The van der Waals surface area contributed by atoms with Crippen LogP contribution in [0.25, 0.3) is 11.3 Å². The molecule has 1 aromatic heterocycles. The molecule has 2 N–H and O–H groups in total. The minimum absolute atomic E-state index is 0.120. The molecule has 3 aromatic rings. The van der Waals surface area contributed by atoms with Gasteiger partial charge in [0.05, 0.1) is 17.9 Å². The topological polar surface area (TPSA) is 54.4 Å². The van der Waals surface area contributed by atoms with Gasteiger partial charge in [0.1, 0.15) is 11.5 Å². The number of alkyl halides is 3. The first-order chi connectivity index (χ1) is 13.9. The number of unbranched alkanes of at least 4 members (excludes halogenated alkanes) is 2. The number of anilines is 2. The van der Waals surface area contributed by atoms with Crippen molar-refractivity contribution in [1.29, 1.82) is 0 Å². The molecule has 0 aliphatic rings. The van der Waals surface area contributed by atoms with E-state index in [-0.39, 0.29) is 23.8 Å². The van der Waals surface area contributed by atoms with Crippen LogP contribution in [0.5, 0.6) is 11.5 Å². The third kappa shape index (κ3) is 5.63. The van der Waals surface area contributed by atoms with E-state index in [1.54, 1.807) is 35.7 Å². The number of hydrogen-bond donors (Lipinski definition) is 2. The number of aromatic hydroxyl groups is 1. The van der Waals surface area contributed by atoms with Crippen molar-refractivity contribution >= 4 is 22.2 Å². The van der Waals surface area contributed by atoms with Crippen molar-refractivity contribution in [2.45, 2.75) is 32.4 Å². The number of thiazole rings is 1. The molecule has 0 unspecified atom stereocenters. The van der Waals surface area contributed by atoms with Crippen LogP contribution in [0.1, 0.15) is 31.7 Å². The van der Waals surface area contributed by atoms with E-state index in [9.17, 15) is 18.3 Å². The van der Waals surface area contributed by atoms with Crippen molar-refractivity contribution in [2.24, 2.45) is 0 Å². The Labute approximate surface area is 171 Å².